The van der Waals surface area contributed by atoms with Crippen molar-refractivity contribution >= 4 is 10.8 Å². The molecule has 0 saturated carbocycles. The van der Waals surface area contributed by atoms with E-state index >= 15 is 0 Å². The van der Waals surface area contributed by atoms with Gasteiger partial charge in [0.15, 0.2) is 0 Å². The second-order valence-electron chi connectivity index (χ2n) is 9.28. The summed E-state index contributed by atoms with van der Waals surface area (Å²) >= 11 is 0. The SMILES string of the molecule is c1ccc(C2(c3ccccc3)c3ccccc3-c3c(-c4cccc5ccccc45)cccc32)cc1. The molecule has 0 unspecified atom stereocenters. The van der Waals surface area contributed by atoms with Gasteiger partial charge >= 0.3 is 0 Å². The maximum Gasteiger partial charge on any atom is 0.0713 e. The Hall–Kier alpha value is -4.42. The lowest BCUT2D eigenvalue weighted by atomic mass is 9.67. The Balaban J connectivity index is 1.65. The summed E-state index contributed by atoms with van der Waals surface area (Å²) in [7, 11) is 0. The van der Waals surface area contributed by atoms with Crippen molar-refractivity contribution in [2.75, 3.05) is 0 Å². The lowest BCUT2D eigenvalue weighted by molar-refractivity contribution is 0.768. The molecule has 0 aromatic heterocycles. The molecular weight excluding hydrogens is 420 g/mol. The summed E-state index contributed by atoms with van der Waals surface area (Å²) < 4.78 is 0. The van der Waals surface area contributed by atoms with E-state index in [1.807, 2.05) is 0 Å². The quantitative estimate of drug-likeness (QED) is 0.255. The summed E-state index contributed by atoms with van der Waals surface area (Å²) in [6, 6.07) is 53.2. The highest BCUT2D eigenvalue weighted by molar-refractivity contribution is 6.03. The van der Waals surface area contributed by atoms with E-state index in [0.717, 1.165) is 0 Å². The highest BCUT2D eigenvalue weighted by Crippen LogP contribution is 2.58. The molecule has 164 valence electrons. The summed E-state index contributed by atoms with van der Waals surface area (Å²) in [5, 5.41) is 2.56. The minimum Gasteiger partial charge on any atom is -0.0622 e. The largest absolute Gasteiger partial charge is 0.0713 e. The van der Waals surface area contributed by atoms with E-state index in [9.17, 15) is 0 Å². The van der Waals surface area contributed by atoms with Crippen molar-refractivity contribution in [1.82, 2.24) is 0 Å². The fraction of sp³-hybridized carbons (Fsp3) is 0.0286. The Morgan fingerprint density at radius 3 is 1.63 bits per heavy atom. The van der Waals surface area contributed by atoms with Gasteiger partial charge in [-0.1, -0.05) is 146 Å². The van der Waals surface area contributed by atoms with E-state index in [1.54, 1.807) is 0 Å². The monoisotopic (exact) mass is 444 g/mol. The van der Waals surface area contributed by atoms with Crippen LogP contribution in [0, 0.1) is 0 Å². The summed E-state index contributed by atoms with van der Waals surface area (Å²) in [5.74, 6) is 0. The molecule has 1 aliphatic rings. The topological polar surface area (TPSA) is 0 Å². The van der Waals surface area contributed by atoms with Gasteiger partial charge < -0.3 is 0 Å². The molecular formula is C35H24. The van der Waals surface area contributed by atoms with Crippen molar-refractivity contribution < 1.29 is 0 Å². The summed E-state index contributed by atoms with van der Waals surface area (Å²) in [5.41, 5.74) is 10.2. The maximum absolute atomic E-state index is 2.34. The van der Waals surface area contributed by atoms with Crippen molar-refractivity contribution in [2.45, 2.75) is 5.41 Å². The predicted octanol–water partition coefficient (Wildman–Crippen LogP) is 8.87. The van der Waals surface area contributed by atoms with Crippen LogP contribution in [0.15, 0.2) is 146 Å². The highest BCUT2D eigenvalue weighted by atomic mass is 14.5. The van der Waals surface area contributed by atoms with E-state index in [-0.39, 0.29) is 5.41 Å². The molecule has 0 bridgehead atoms. The fourth-order valence-electron chi connectivity index (χ4n) is 6.18. The molecule has 0 N–H and O–H groups in total. The van der Waals surface area contributed by atoms with Gasteiger partial charge in [0.1, 0.15) is 0 Å². The van der Waals surface area contributed by atoms with Crippen LogP contribution >= 0.6 is 0 Å². The Morgan fingerprint density at radius 1 is 0.343 bits per heavy atom. The van der Waals surface area contributed by atoms with Gasteiger partial charge in [-0.25, -0.2) is 0 Å². The van der Waals surface area contributed by atoms with Gasteiger partial charge in [0.25, 0.3) is 0 Å². The fourth-order valence-corrected chi connectivity index (χ4v) is 6.18. The van der Waals surface area contributed by atoms with E-state index in [1.165, 1.54) is 55.3 Å². The molecule has 0 heteroatoms. The summed E-state index contributed by atoms with van der Waals surface area (Å²) in [6.45, 7) is 0. The van der Waals surface area contributed by atoms with Gasteiger partial charge in [0.05, 0.1) is 5.41 Å². The van der Waals surface area contributed by atoms with E-state index in [0.29, 0.717) is 0 Å². The van der Waals surface area contributed by atoms with Crippen LogP contribution in [0.3, 0.4) is 0 Å². The third-order valence-corrected chi connectivity index (χ3v) is 7.56. The van der Waals surface area contributed by atoms with E-state index < -0.39 is 0 Å². The third-order valence-electron chi connectivity index (χ3n) is 7.56. The normalized spacial score (nSPS) is 13.4. The highest BCUT2D eigenvalue weighted by Gasteiger charge is 2.46. The van der Waals surface area contributed by atoms with Gasteiger partial charge in [-0.15, -0.1) is 0 Å². The first-order valence-corrected chi connectivity index (χ1v) is 12.2. The van der Waals surface area contributed by atoms with Crippen LogP contribution in [0.4, 0.5) is 0 Å². The van der Waals surface area contributed by atoms with Gasteiger partial charge in [0.2, 0.25) is 0 Å². The molecule has 7 rings (SSSR count). The molecule has 0 saturated heterocycles. The zero-order chi connectivity index (χ0) is 23.2. The minimum absolute atomic E-state index is 0.366. The molecule has 0 heterocycles. The van der Waals surface area contributed by atoms with Crippen LogP contribution < -0.4 is 0 Å². The number of hydrogen-bond donors (Lipinski definition) is 0. The molecule has 0 aliphatic heterocycles. The maximum atomic E-state index is 2.34. The zero-order valence-electron chi connectivity index (χ0n) is 19.4. The molecule has 0 amide bonds. The van der Waals surface area contributed by atoms with Gasteiger partial charge in [-0.2, -0.15) is 0 Å². The van der Waals surface area contributed by atoms with Crippen molar-refractivity contribution in [1.29, 1.82) is 0 Å². The van der Waals surface area contributed by atoms with E-state index in [2.05, 4.69) is 146 Å². The summed E-state index contributed by atoms with van der Waals surface area (Å²) in [4.78, 5) is 0. The average Bonchev–Trinajstić information content (AvgIpc) is 3.25. The molecule has 35 heavy (non-hydrogen) atoms. The van der Waals surface area contributed by atoms with Crippen LogP contribution in [0.1, 0.15) is 22.3 Å². The molecule has 0 spiro atoms. The van der Waals surface area contributed by atoms with Crippen LogP contribution in [0.25, 0.3) is 33.0 Å². The van der Waals surface area contributed by atoms with Crippen LogP contribution in [-0.2, 0) is 5.41 Å². The first-order chi connectivity index (χ1) is 17.4. The first-order valence-electron chi connectivity index (χ1n) is 12.2. The standard InChI is InChI=1S/C35H24/c1-3-15-26(16-4-1)35(27-17-5-2-6-18-27)32-23-10-9-20-31(32)34-30(22-12-24-33(34)35)29-21-11-14-25-13-7-8-19-28(25)29/h1-24H. The predicted molar refractivity (Wildman–Crippen MR) is 147 cm³/mol. The van der Waals surface area contributed by atoms with Gasteiger partial charge in [0, 0.05) is 0 Å². The summed E-state index contributed by atoms with van der Waals surface area (Å²) in [6.07, 6.45) is 0. The smallest absolute Gasteiger partial charge is 0.0622 e. The molecule has 1 aliphatic carbocycles. The Kier molecular flexibility index (Phi) is 4.47. The number of hydrogen-bond acceptors (Lipinski definition) is 0. The Morgan fingerprint density at radius 2 is 0.857 bits per heavy atom. The first kappa shape index (κ1) is 20.0. The lowest BCUT2D eigenvalue weighted by Gasteiger charge is -2.34. The lowest BCUT2D eigenvalue weighted by Crippen LogP contribution is -2.28. The molecule has 0 atom stereocenters. The molecule has 0 radical (unpaired) electrons. The van der Waals surface area contributed by atoms with Crippen LogP contribution in [0.5, 0.6) is 0 Å². The van der Waals surface area contributed by atoms with Gasteiger partial charge in [-0.05, 0) is 55.3 Å². The van der Waals surface area contributed by atoms with Crippen molar-refractivity contribution in [3.63, 3.8) is 0 Å². The Bertz CT molecular complexity index is 1630. The molecule has 0 fully saturated rings. The van der Waals surface area contributed by atoms with Gasteiger partial charge in [-0.3, -0.25) is 0 Å². The Labute approximate surface area is 206 Å². The van der Waals surface area contributed by atoms with Crippen molar-refractivity contribution in [3.8, 4) is 22.3 Å². The number of benzene rings is 6. The molecule has 6 aromatic rings. The number of rotatable bonds is 3. The zero-order valence-corrected chi connectivity index (χ0v) is 19.4. The van der Waals surface area contributed by atoms with Crippen molar-refractivity contribution in [2.24, 2.45) is 0 Å². The third kappa shape index (κ3) is 2.80. The minimum atomic E-state index is -0.366. The average molecular weight is 445 g/mol. The second-order valence-corrected chi connectivity index (χ2v) is 9.28. The van der Waals surface area contributed by atoms with Crippen molar-refractivity contribution in [3.05, 3.63) is 168 Å². The molecule has 0 nitrogen and oxygen atoms in total. The van der Waals surface area contributed by atoms with E-state index in [4.69, 9.17) is 0 Å². The molecule has 6 aromatic carbocycles. The second kappa shape index (κ2) is 7.82. The van der Waals surface area contributed by atoms with Crippen LogP contribution in [-0.4, -0.2) is 0 Å². The number of fused-ring (bicyclic) bond motifs is 4. The van der Waals surface area contributed by atoms with Crippen LogP contribution in [0.2, 0.25) is 0 Å².